The quantitative estimate of drug-likeness (QED) is 0.651. The van der Waals surface area contributed by atoms with Gasteiger partial charge in [-0.25, -0.2) is 4.98 Å². The lowest BCUT2D eigenvalue weighted by Gasteiger charge is -2.33. The van der Waals surface area contributed by atoms with Crippen molar-refractivity contribution in [1.29, 1.82) is 0 Å². The van der Waals surface area contributed by atoms with Gasteiger partial charge in [0.05, 0.1) is 5.82 Å². The highest BCUT2D eigenvalue weighted by Crippen LogP contribution is 2.28. The molecule has 0 aliphatic rings. The molecule has 0 radical (unpaired) electrons. The first-order valence-corrected chi connectivity index (χ1v) is 9.27. The van der Waals surface area contributed by atoms with Gasteiger partial charge >= 0.3 is 0 Å². The zero-order valence-electron chi connectivity index (χ0n) is 11.3. The van der Waals surface area contributed by atoms with Crippen molar-refractivity contribution >= 4 is 8.24 Å². The van der Waals surface area contributed by atoms with Crippen molar-refractivity contribution in [2.75, 3.05) is 0 Å². The maximum Gasteiger partial charge on any atom is 0.163 e. The van der Waals surface area contributed by atoms with Crippen molar-refractivity contribution in [2.45, 2.75) is 65.1 Å². The Kier molecular flexibility index (Phi) is 5.26. The highest BCUT2D eigenvalue weighted by Gasteiger charge is 2.33. The predicted octanol–water partition coefficient (Wildman–Crippen LogP) is 4.22. The molecule has 0 spiro atoms. The third kappa shape index (κ3) is 2.76. The molecule has 0 unspecified atom stereocenters. The molecule has 16 heavy (non-hydrogen) atoms. The molecule has 0 bridgehead atoms. The summed E-state index contributed by atoms with van der Waals surface area (Å²) in [6.45, 7) is 9.11. The Balaban J connectivity index is 3.04. The molecule has 0 aliphatic carbocycles. The van der Waals surface area contributed by atoms with Crippen molar-refractivity contribution in [3.63, 3.8) is 0 Å². The average Bonchev–Trinajstić information content (AvgIpc) is 2.66. The molecule has 1 heterocycles. The second kappa shape index (κ2) is 6.23. The Hall–Kier alpha value is -0.573. The van der Waals surface area contributed by atoms with E-state index in [1.54, 1.807) is 0 Å². The summed E-state index contributed by atoms with van der Waals surface area (Å²) in [6.07, 6.45) is 8.12. The SMILES string of the molecule is CCC[Si](CCC)(CCC)n1ccnc1C. The molecule has 0 amide bonds. The van der Waals surface area contributed by atoms with E-state index in [4.69, 9.17) is 0 Å². The summed E-state index contributed by atoms with van der Waals surface area (Å²) in [7, 11) is -1.31. The van der Waals surface area contributed by atoms with E-state index in [2.05, 4.69) is 43.1 Å². The van der Waals surface area contributed by atoms with Crippen LogP contribution in [0.1, 0.15) is 45.9 Å². The van der Waals surface area contributed by atoms with Gasteiger partial charge in [-0.1, -0.05) is 40.0 Å². The van der Waals surface area contributed by atoms with Crippen molar-refractivity contribution < 1.29 is 0 Å². The van der Waals surface area contributed by atoms with E-state index in [0.29, 0.717) is 0 Å². The van der Waals surface area contributed by atoms with E-state index in [9.17, 15) is 0 Å². The van der Waals surface area contributed by atoms with Crippen LogP contribution in [-0.2, 0) is 0 Å². The first kappa shape index (κ1) is 13.5. The molecule has 0 aliphatic heterocycles. The van der Waals surface area contributed by atoms with E-state index in [1.807, 2.05) is 6.20 Å². The highest BCUT2D eigenvalue weighted by atomic mass is 28.3. The fourth-order valence-corrected chi connectivity index (χ4v) is 8.40. The smallest absolute Gasteiger partial charge is 0.163 e. The zero-order chi connectivity index (χ0) is 12.0. The lowest BCUT2D eigenvalue weighted by molar-refractivity contribution is 0.851. The Bertz CT molecular complexity index is 290. The van der Waals surface area contributed by atoms with Gasteiger partial charge in [0.25, 0.3) is 0 Å². The maximum absolute atomic E-state index is 4.43. The van der Waals surface area contributed by atoms with Crippen LogP contribution in [0.2, 0.25) is 18.1 Å². The first-order valence-electron chi connectivity index (χ1n) is 6.70. The molecule has 0 saturated heterocycles. The lowest BCUT2D eigenvalue weighted by atomic mass is 10.5. The van der Waals surface area contributed by atoms with Crippen LogP contribution in [0.15, 0.2) is 12.4 Å². The summed E-state index contributed by atoms with van der Waals surface area (Å²) >= 11 is 0. The molecule has 0 fully saturated rings. The van der Waals surface area contributed by atoms with E-state index in [0.717, 1.165) is 0 Å². The molecule has 0 aromatic carbocycles. The third-order valence-corrected chi connectivity index (χ3v) is 9.27. The van der Waals surface area contributed by atoms with Gasteiger partial charge in [0.1, 0.15) is 0 Å². The van der Waals surface area contributed by atoms with Gasteiger partial charge in [-0.05, 0) is 25.1 Å². The molecule has 1 aromatic heterocycles. The van der Waals surface area contributed by atoms with Gasteiger partial charge in [0.15, 0.2) is 8.24 Å². The maximum atomic E-state index is 4.43. The van der Waals surface area contributed by atoms with E-state index >= 15 is 0 Å². The fraction of sp³-hybridized carbons (Fsp3) is 0.769. The van der Waals surface area contributed by atoms with Crippen LogP contribution in [0.5, 0.6) is 0 Å². The highest BCUT2D eigenvalue weighted by molar-refractivity contribution is 6.78. The summed E-state index contributed by atoms with van der Waals surface area (Å²) in [5, 5.41) is 0. The molecule has 0 N–H and O–H groups in total. The number of aromatic nitrogens is 2. The van der Waals surface area contributed by atoms with Crippen LogP contribution in [0.4, 0.5) is 0 Å². The van der Waals surface area contributed by atoms with Crippen molar-refractivity contribution in [3.8, 4) is 0 Å². The summed E-state index contributed by atoms with van der Waals surface area (Å²) < 4.78 is 2.56. The van der Waals surface area contributed by atoms with Crippen molar-refractivity contribution in [3.05, 3.63) is 18.2 Å². The molecule has 0 saturated carbocycles. The van der Waals surface area contributed by atoms with Gasteiger partial charge < -0.3 is 4.23 Å². The Morgan fingerprint density at radius 3 is 1.88 bits per heavy atom. The van der Waals surface area contributed by atoms with E-state index in [-0.39, 0.29) is 0 Å². The van der Waals surface area contributed by atoms with Crippen LogP contribution < -0.4 is 0 Å². The Labute approximate surface area is 101 Å². The summed E-state index contributed by atoms with van der Waals surface area (Å²) in [5.74, 6) is 1.22. The number of hydrogen-bond donors (Lipinski definition) is 0. The Morgan fingerprint density at radius 2 is 1.56 bits per heavy atom. The summed E-state index contributed by atoms with van der Waals surface area (Å²) in [6, 6.07) is 4.23. The van der Waals surface area contributed by atoms with Crippen molar-refractivity contribution in [1.82, 2.24) is 9.22 Å². The second-order valence-corrected chi connectivity index (χ2v) is 9.25. The predicted molar refractivity (Wildman–Crippen MR) is 73.4 cm³/mol. The van der Waals surface area contributed by atoms with Crippen LogP contribution in [0.25, 0.3) is 0 Å². The minimum atomic E-state index is -1.31. The normalized spacial score (nSPS) is 12.0. The van der Waals surface area contributed by atoms with Gasteiger partial charge in [-0.15, -0.1) is 0 Å². The molecule has 1 aromatic rings. The largest absolute Gasteiger partial charge is 0.362 e. The van der Waals surface area contributed by atoms with E-state index < -0.39 is 8.24 Å². The van der Waals surface area contributed by atoms with Gasteiger partial charge in [0.2, 0.25) is 0 Å². The van der Waals surface area contributed by atoms with Gasteiger partial charge in [-0.3, -0.25) is 0 Å². The molecular weight excluding hydrogens is 212 g/mol. The number of hydrogen-bond acceptors (Lipinski definition) is 1. The number of rotatable bonds is 7. The van der Waals surface area contributed by atoms with Crippen molar-refractivity contribution in [2.24, 2.45) is 0 Å². The number of nitrogens with zero attached hydrogens (tertiary/aromatic N) is 2. The summed E-state index contributed by atoms with van der Waals surface area (Å²) in [5.41, 5.74) is 0. The zero-order valence-corrected chi connectivity index (χ0v) is 12.3. The van der Waals surface area contributed by atoms with Crippen LogP contribution >= 0.6 is 0 Å². The van der Waals surface area contributed by atoms with Gasteiger partial charge in [0, 0.05) is 12.4 Å². The van der Waals surface area contributed by atoms with Gasteiger partial charge in [-0.2, -0.15) is 0 Å². The van der Waals surface area contributed by atoms with Crippen LogP contribution in [0.3, 0.4) is 0 Å². The average molecular weight is 238 g/mol. The molecule has 92 valence electrons. The summed E-state index contributed by atoms with van der Waals surface area (Å²) in [4.78, 5) is 4.43. The van der Waals surface area contributed by atoms with Crippen LogP contribution in [-0.4, -0.2) is 17.5 Å². The topological polar surface area (TPSA) is 17.8 Å². The monoisotopic (exact) mass is 238 g/mol. The molecule has 0 atom stereocenters. The Morgan fingerprint density at radius 1 is 1.06 bits per heavy atom. The van der Waals surface area contributed by atoms with E-state index in [1.165, 1.54) is 43.2 Å². The van der Waals surface area contributed by atoms with Crippen LogP contribution in [0, 0.1) is 6.92 Å². The molecule has 3 heteroatoms. The second-order valence-electron chi connectivity index (χ2n) is 4.82. The minimum absolute atomic E-state index is 1.22. The first-order chi connectivity index (χ1) is 7.70. The minimum Gasteiger partial charge on any atom is -0.362 e. The molecule has 1 rings (SSSR count). The molecule has 2 nitrogen and oxygen atoms in total. The number of imidazole rings is 1. The fourth-order valence-electron chi connectivity index (χ4n) is 3.01. The standard InChI is InChI=1S/C13H26N2Si/c1-5-10-16(11-6-2,12-7-3)15-9-8-14-13(15)4/h8-9H,5-7,10-12H2,1-4H3. The molecular formula is C13H26N2Si. The number of aryl methyl sites for hydroxylation is 1. The lowest BCUT2D eigenvalue weighted by Crippen LogP contribution is -2.43. The third-order valence-electron chi connectivity index (χ3n) is 3.48.